The van der Waals surface area contributed by atoms with Gasteiger partial charge in [-0.15, -0.1) is 11.6 Å². The highest BCUT2D eigenvalue weighted by molar-refractivity contribution is 6.34. The molecule has 0 spiro atoms. The Kier molecular flexibility index (Phi) is 7.64. The van der Waals surface area contributed by atoms with Crippen LogP contribution in [0.2, 0.25) is 5.02 Å². The Morgan fingerprint density at radius 1 is 1.11 bits per heavy atom. The number of fused-ring (bicyclic) bond motifs is 2. The van der Waals surface area contributed by atoms with Crippen LogP contribution in [0.3, 0.4) is 0 Å². The molecule has 3 aromatic heterocycles. The predicted molar refractivity (Wildman–Crippen MR) is 175 cm³/mol. The molecule has 2 aliphatic rings. The number of pyridine rings is 2. The number of aliphatic hydroxyl groups excluding tert-OH is 2. The van der Waals surface area contributed by atoms with Gasteiger partial charge in [0, 0.05) is 43.0 Å². The van der Waals surface area contributed by atoms with Gasteiger partial charge in [0.1, 0.15) is 11.0 Å². The normalized spacial score (nSPS) is 22.2. The number of aromatic nitrogens is 3. The van der Waals surface area contributed by atoms with Crippen LogP contribution in [0.5, 0.6) is 0 Å². The lowest BCUT2D eigenvalue weighted by atomic mass is 9.83. The molecule has 1 fully saturated rings. The molecule has 0 radical (unpaired) electrons. The third-order valence-corrected chi connectivity index (χ3v) is 9.11. The summed E-state index contributed by atoms with van der Waals surface area (Å²) in [6.07, 6.45) is 10.3. The third-order valence-electron chi connectivity index (χ3n) is 8.39. The highest BCUT2D eigenvalue weighted by Gasteiger charge is 2.37. The number of likely N-dealkylation sites (tertiary alicyclic amines) is 1. The third kappa shape index (κ3) is 5.49. The molecule has 10 heteroatoms. The summed E-state index contributed by atoms with van der Waals surface area (Å²) in [5.74, 6) is 1.09. The minimum Gasteiger partial charge on any atom is -0.435 e. The first-order valence-corrected chi connectivity index (χ1v) is 15.3. The molecule has 1 aliphatic carbocycles. The van der Waals surface area contributed by atoms with E-state index in [-0.39, 0.29) is 18.8 Å². The molecule has 7 rings (SSSR count). The highest BCUT2D eigenvalue weighted by Crippen LogP contribution is 2.41. The number of nitrogens with one attached hydrogen (secondary N) is 1. The lowest BCUT2D eigenvalue weighted by Gasteiger charge is -2.36. The second-order valence-corrected chi connectivity index (χ2v) is 12.8. The minimum absolute atomic E-state index is 0.131. The summed E-state index contributed by atoms with van der Waals surface area (Å²) in [5.41, 5.74) is 6.26. The van der Waals surface area contributed by atoms with E-state index in [4.69, 9.17) is 32.6 Å². The second kappa shape index (κ2) is 11.6. The number of β-amino-alcohol motifs (C(OH)–C–C–N with tert-alkyl or cyclic N) is 1. The van der Waals surface area contributed by atoms with E-state index >= 15 is 0 Å². The summed E-state index contributed by atoms with van der Waals surface area (Å²) in [6.45, 7) is 4.19. The number of anilines is 1. The average molecular weight is 629 g/mol. The summed E-state index contributed by atoms with van der Waals surface area (Å²) in [4.78, 5) is 15.5. The number of benzene rings is 2. The first kappa shape index (κ1) is 29.0. The van der Waals surface area contributed by atoms with Crippen LogP contribution in [0, 0.1) is 0 Å². The zero-order valence-electron chi connectivity index (χ0n) is 24.0. The summed E-state index contributed by atoms with van der Waals surface area (Å²) in [5, 5.41) is 24.4. The summed E-state index contributed by atoms with van der Waals surface area (Å²) in [7, 11) is 0. The van der Waals surface area contributed by atoms with E-state index in [0.717, 1.165) is 52.7 Å². The van der Waals surface area contributed by atoms with Gasteiger partial charge in [0.25, 0.3) is 0 Å². The summed E-state index contributed by atoms with van der Waals surface area (Å²) in [6, 6.07) is 15.2. The summed E-state index contributed by atoms with van der Waals surface area (Å²) < 4.78 is 6.04. The molecule has 0 amide bonds. The van der Waals surface area contributed by atoms with Crippen molar-refractivity contribution in [2.75, 3.05) is 18.4 Å². The van der Waals surface area contributed by atoms with Gasteiger partial charge in [0.05, 0.1) is 28.6 Å². The van der Waals surface area contributed by atoms with Gasteiger partial charge in [-0.05, 0) is 72.0 Å². The molecule has 1 aliphatic heterocycles. The molecule has 2 aromatic carbocycles. The topological polar surface area (TPSA) is 108 Å². The van der Waals surface area contributed by atoms with Crippen LogP contribution >= 0.6 is 23.2 Å². The van der Waals surface area contributed by atoms with Crippen LogP contribution in [0.4, 0.5) is 5.82 Å². The van der Waals surface area contributed by atoms with Crippen molar-refractivity contribution in [3.05, 3.63) is 101 Å². The maximum Gasteiger partial charge on any atom is 0.227 e. The van der Waals surface area contributed by atoms with E-state index in [0.29, 0.717) is 39.9 Å². The first-order chi connectivity index (χ1) is 21.3. The molecule has 0 bridgehead atoms. The molecule has 4 heterocycles. The second-order valence-electron chi connectivity index (χ2n) is 11.6. The molecule has 8 nitrogen and oxygen atoms in total. The Bertz CT molecular complexity index is 1940. The van der Waals surface area contributed by atoms with E-state index in [9.17, 15) is 10.2 Å². The Balaban J connectivity index is 1.14. The number of oxazole rings is 1. The van der Waals surface area contributed by atoms with Crippen LogP contribution in [0.15, 0.2) is 83.6 Å². The van der Waals surface area contributed by atoms with Crippen LogP contribution in [-0.2, 0) is 13.2 Å². The predicted octanol–water partition coefficient (Wildman–Crippen LogP) is 6.58. The number of halogens is 2. The molecule has 0 saturated carbocycles. The Hall–Kier alpha value is -3.79. The molecule has 3 atom stereocenters. The number of hydrogen-bond donors (Lipinski definition) is 3. The molecule has 5 aromatic rings. The lowest BCUT2D eigenvalue weighted by molar-refractivity contribution is 0.175. The van der Waals surface area contributed by atoms with Gasteiger partial charge >= 0.3 is 0 Å². The number of hydrogen-bond acceptors (Lipinski definition) is 8. The fourth-order valence-corrected chi connectivity index (χ4v) is 6.65. The Morgan fingerprint density at radius 3 is 2.80 bits per heavy atom. The van der Waals surface area contributed by atoms with E-state index in [2.05, 4.69) is 26.3 Å². The van der Waals surface area contributed by atoms with Gasteiger partial charge in [0.2, 0.25) is 5.89 Å². The van der Waals surface area contributed by atoms with Gasteiger partial charge < -0.3 is 19.9 Å². The van der Waals surface area contributed by atoms with Crippen molar-refractivity contribution in [2.45, 2.75) is 43.5 Å². The molecule has 3 N–H and O–H groups in total. The van der Waals surface area contributed by atoms with Gasteiger partial charge in [0.15, 0.2) is 11.4 Å². The van der Waals surface area contributed by atoms with E-state index in [1.54, 1.807) is 18.3 Å². The van der Waals surface area contributed by atoms with E-state index in [1.165, 1.54) is 0 Å². The highest BCUT2D eigenvalue weighted by atomic mass is 35.5. The number of aliphatic hydroxyl groups is 2. The van der Waals surface area contributed by atoms with Gasteiger partial charge in [-0.1, -0.05) is 42.0 Å². The number of nitrogens with zero attached hydrogens (tertiary/aromatic N) is 4. The van der Waals surface area contributed by atoms with E-state index in [1.807, 2.05) is 61.7 Å². The van der Waals surface area contributed by atoms with Crippen LogP contribution in [-0.4, -0.2) is 60.2 Å². The largest absolute Gasteiger partial charge is 0.435 e. The molecular formula is C34H31Cl2N5O3. The van der Waals surface area contributed by atoms with Gasteiger partial charge in [-0.25, -0.2) is 9.97 Å². The van der Waals surface area contributed by atoms with Crippen LogP contribution in [0.1, 0.15) is 30.0 Å². The van der Waals surface area contributed by atoms with Crippen LogP contribution in [0.25, 0.3) is 39.0 Å². The molecule has 224 valence electrons. The SMILES string of the molecule is CC1(Cl)C(c2cccc(-c3nc4cc(CO)cc(Cl)c4o3)c2)=CC=CC1Nc1nccc2cc(CN3CC[C@H](O)C3)cnc12. The zero-order chi connectivity index (χ0) is 30.4. The zero-order valence-corrected chi connectivity index (χ0v) is 25.6. The minimum atomic E-state index is -0.825. The smallest absolute Gasteiger partial charge is 0.227 e. The van der Waals surface area contributed by atoms with Crippen molar-refractivity contribution < 1.29 is 14.6 Å². The Labute approximate surface area is 264 Å². The number of rotatable bonds is 7. The van der Waals surface area contributed by atoms with Crippen molar-refractivity contribution in [1.29, 1.82) is 0 Å². The van der Waals surface area contributed by atoms with Crippen LogP contribution < -0.4 is 5.32 Å². The fraction of sp³-hybridized carbons (Fsp3) is 0.265. The van der Waals surface area contributed by atoms with E-state index < -0.39 is 4.87 Å². The summed E-state index contributed by atoms with van der Waals surface area (Å²) >= 11 is 13.7. The van der Waals surface area contributed by atoms with Crippen molar-refractivity contribution in [3.8, 4) is 11.5 Å². The standard InChI is InChI=1S/C34H31Cl2N5O3/c1-34(36)26(22-4-2-5-24(15-22)33-39-28-14-20(19-42)13-27(35)31(28)44-33)6-3-7-29(34)40-32-30-23(8-10-37-32)12-21(16-38-30)17-41-11-9-25(43)18-41/h2-8,10,12-16,25,29,42-43H,9,11,17-19H2,1H3,(H,37,40)/t25-,29?,34?/m0/s1. The van der Waals surface area contributed by atoms with Gasteiger partial charge in [-0.2, -0.15) is 0 Å². The van der Waals surface area contributed by atoms with Crippen molar-refractivity contribution in [1.82, 2.24) is 19.9 Å². The fourth-order valence-electron chi connectivity index (χ4n) is 6.08. The Morgan fingerprint density at radius 2 is 1.98 bits per heavy atom. The average Bonchev–Trinajstić information content (AvgIpc) is 3.64. The molecule has 44 heavy (non-hydrogen) atoms. The monoisotopic (exact) mass is 627 g/mol. The van der Waals surface area contributed by atoms with Crippen molar-refractivity contribution >= 4 is 56.6 Å². The molecule has 2 unspecified atom stereocenters. The molecule has 1 saturated heterocycles. The first-order valence-electron chi connectivity index (χ1n) is 14.6. The maximum atomic E-state index is 9.88. The number of alkyl halides is 1. The maximum absolute atomic E-state index is 9.88. The van der Waals surface area contributed by atoms with Crippen molar-refractivity contribution in [3.63, 3.8) is 0 Å². The lowest BCUT2D eigenvalue weighted by Crippen LogP contribution is -2.41. The van der Waals surface area contributed by atoms with Crippen molar-refractivity contribution in [2.24, 2.45) is 0 Å². The number of allylic oxidation sites excluding steroid dienone is 2. The molecular weight excluding hydrogens is 597 g/mol. The quantitative estimate of drug-likeness (QED) is 0.174. The van der Waals surface area contributed by atoms with Gasteiger partial charge in [-0.3, -0.25) is 9.88 Å².